The number of hydrogen-bond acceptors (Lipinski definition) is 2. The highest BCUT2D eigenvalue weighted by Crippen LogP contribution is 2.34. The molecule has 0 saturated heterocycles. The molecule has 0 aliphatic heterocycles. The van der Waals surface area contributed by atoms with Crippen molar-refractivity contribution >= 4 is 0 Å². The molecule has 0 aliphatic rings. The van der Waals surface area contributed by atoms with Gasteiger partial charge in [0, 0.05) is 12.1 Å². The molecule has 0 amide bonds. The lowest BCUT2D eigenvalue weighted by molar-refractivity contribution is -0.143. The fraction of sp³-hybridized carbons (Fsp3) is 0.400. The van der Waals surface area contributed by atoms with Crippen LogP contribution in [0, 0.1) is 13.8 Å². The molecule has 0 aliphatic carbocycles. The van der Waals surface area contributed by atoms with Gasteiger partial charge in [0.1, 0.15) is 0 Å². The molecule has 2 aromatic rings. The summed E-state index contributed by atoms with van der Waals surface area (Å²) in [4.78, 5) is 0. The van der Waals surface area contributed by atoms with Gasteiger partial charge in [-0.15, -0.1) is 0 Å². The minimum atomic E-state index is -4.45. The molecule has 1 heterocycles. The van der Waals surface area contributed by atoms with E-state index >= 15 is 0 Å². The Balaban J connectivity index is 2.58. The number of aryl methyl sites for hydroxylation is 2. The van der Waals surface area contributed by atoms with Gasteiger partial charge < -0.3 is 5.32 Å². The van der Waals surface area contributed by atoms with Gasteiger partial charge in [0.15, 0.2) is 5.69 Å². The van der Waals surface area contributed by atoms with E-state index in [-0.39, 0.29) is 12.1 Å². The Morgan fingerprint density at radius 3 is 2.57 bits per heavy atom. The van der Waals surface area contributed by atoms with Crippen LogP contribution in [0.3, 0.4) is 0 Å². The van der Waals surface area contributed by atoms with E-state index in [1.165, 1.54) is 6.20 Å². The van der Waals surface area contributed by atoms with Crippen molar-refractivity contribution in [2.45, 2.75) is 33.5 Å². The lowest BCUT2D eigenvalue weighted by Gasteiger charge is -2.15. The zero-order valence-electron chi connectivity index (χ0n) is 12.3. The molecule has 1 N–H and O–H groups in total. The number of benzene rings is 1. The number of nitrogens with one attached hydrogen (secondary N) is 1. The van der Waals surface area contributed by atoms with Gasteiger partial charge in [-0.25, -0.2) is 4.68 Å². The monoisotopic (exact) mass is 297 g/mol. The Morgan fingerprint density at radius 2 is 1.95 bits per heavy atom. The maximum Gasteiger partial charge on any atom is 0.433 e. The van der Waals surface area contributed by atoms with Crippen molar-refractivity contribution in [3.05, 3.63) is 46.8 Å². The summed E-state index contributed by atoms with van der Waals surface area (Å²) in [5, 5.41) is 6.88. The van der Waals surface area contributed by atoms with E-state index in [9.17, 15) is 13.2 Å². The molecular weight excluding hydrogens is 279 g/mol. The molecule has 2 rings (SSSR count). The highest BCUT2D eigenvalue weighted by molar-refractivity contribution is 5.45. The SMILES string of the molecule is CCNCc1cnn(-c2cc(C)ccc2C)c1C(F)(F)F. The zero-order chi connectivity index (χ0) is 15.6. The molecule has 3 nitrogen and oxygen atoms in total. The minimum Gasteiger partial charge on any atom is -0.313 e. The average molecular weight is 297 g/mol. The normalized spacial score (nSPS) is 11.9. The summed E-state index contributed by atoms with van der Waals surface area (Å²) >= 11 is 0. The molecule has 1 aromatic carbocycles. The topological polar surface area (TPSA) is 29.9 Å². The summed E-state index contributed by atoms with van der Waals surface area (Å²) in [6.45, 7) is 6.23. The molecule has 21 heavy (non-hydrogen) atoms. The number of hydrogen-bond donors (Lipinski definition) is 1. The van der Waals surface area contributed by atoms with Gasteiger partial charge in [-0.3, -0.25) is 0 Å². The number of rotatable bonds is 4. The van der Waals surface area contributed by atoms with E-state index in [2.05, 4.69) is 10.4 Å². The molecule has 0 spiro atoms. The van der Waals surface area contributed by atoms with E-state index < -0.39 is 11.9 Å². The van der Waals surface area contributed by atoms with Gasteiger partial charge in [-0.2, -0.15) is 18.3 Å². The first-order chi connectivity index (χ1) is 9.84. The Morgan fingerprint density at radius 1 is 1.24 bits per heavy atom. The van der Waals surface area contributed by atoms with E-state index in [1.54, 1.807) is 19.1 Å². The fourth-order valence-electron chi connectivity index (χ4n) is 2.20. The second-order valence-electron chi connectivity index (χ2n) is 5.00. The van der Waals surface area contributed by atoms with Crippen molar-refractivity contribution in [3.63, 3.8) is 0 Å². The number of alkyl halides is 3. The summed E-state index contributed by atoms with van der Waals surface area (Å²) < 4.78 is 41.2. The van der Waals surface area contributed by atoms with Crippen LogP contribution < -0.4 is 5.32 Å². The molecule has 1 aromatic heterocycles. The Kier molecular flexibility index (Phi) is 4.37. The number of aromatic nitrogens is 2. The molecule has 0 radical (unpaired) electrons. The van der Waals surface area contributed by atoms with Crippen molar-refractivity contribution < 1.29 is 13.2 Å². The predicted molar refractivity (Wildman–Crippen MR) is 75.4 cm³/mol. The first kappa shape index (κ1) is 15.6. The van der Waals surface area contributed by atoms with Crippen LogP contribution in [0.1, 0.15) is 29.3 Å². The molecular formula is C15H18F3N3. The maximum absolute atomic E-state index is 13.4. The van der Waals surface area contributed by atoms with Crippen LogP contribution in [0.5, 0.6) is 0 Å². The number of nitrogens with zero attached hydrogens (tertiary/aromatic N) is 2. The minimum absolute atomic E-state index is 0.149. The highest BCUT2D eigenvalue weighted by atomic mass is 19.4. The second kappa shape index (κ2) is 5.89. The van der Waals surface area contributed by atoms with Crippen LogP contribution in [-0.4, -0.2) is 16.3 Å². The van der Waals surface area contributed by atoms with E-state index in [4.69, 9.17) is 0 Å². The molecule has 0 fully saturated rings. The van der Waals surface area contributed by atoms with Crippen LogP contribution in [0.15, 0.2) is 24.4 Å². The Hall–Kier alpha value is -1.82. The van der Waals surface area contributed by atoms with Crippen molar-refractivity contribution in [1.82, 2.24) is 15.1 Å². The largest absolute Gasteiger partial charge is 0.433 e. The number of halogens is 3. The van der Waals surface area contributed by atoms with Crippen molar-refractivity contribution in [1.29, 1.82) is 0 Å². The highest BCUT2D eigenvalue weighted by Gasteiger charge is 2.38. The predicted octanol–water partition coefficient (Wildman–Crippen LogP) is 3.62. The molecule has 0 atom stereocenters. The van der Waals surface area contributed by atoms with E-state index in [0.717, 1.165) is 15.8 Å². The fourth-order valence-corrected chi connectivity index (χ4v) is 2.20. The smallest absolute Gasteiger partial charge is 0.313 e. The molecule has 6 heteroatoms. The van der Waals surface area contributed by atoms with Gasteiger partial charge in [-0.1, -0.05) is 19.1 Å². The lowest BCUT2D eigenvalue weighted by Crippen LogP contribution is -2.19. The van der Waals surface area contributed by atoms with Crippen LogP contribution in [0.4, 0.5) is 13.2 Å². The van der Waals surface area contributed by atoms with Gasteiger partial charge in [0.25, 0.3) is 0 Å². The van der Waals surface area contributed by atoms with Gasteiger partial charge >= 0.3 is 6.18 Å². The van der Waals surface area contributed by atoms with E-state index in [0.29, 0.717) is 12.2 Å². The van der Waals surface area contributed by atoms with Crippen LogP contribution in [0.25, 0.3) is 5.69 Å². The van der Waals surface area contributed by atoms with Crippen molar-refractivity contribution in [2.75, 3.05) is 6.54 Å². The third-order valence-electron chi connectivity index (χ3n) is 3.27. The molecule has 0 unspecified atom stereocenters. The van der Waals surface area contributed by atoms with Crippen LogP contribution in [0.2, 0.25) is 0 Å². The van der Waals surface area contributed by atoms with Gasteiger partial charge in [-0.05, 0) is 37.6 Å². The summed E-state index contributed by atoms with van der Waals surface area (Å²) in [7, 11) is 0. The van der Waals surface area contributed by atoms with Gasteiger partial charge in [0.2, 0.25) is 0 Å². The molecule has 0 bridgehead atoms. The second-order valence-corrected chi connectivity index (χ2v) is 5.00. The maximum atomic E-state index is 13.4. The molecule has 0 saturated carbocycles. The van der Waals surface area contributed by atoms with Crippen LogP contribution in [-0.2, 0) is 12.7 Å². The van der Waals surface area contributed by atoms with E-state index in [1.807, 2.05) is 19.9 Å². The summed E-state index contributed by atoms with van der Waals surface area (Å²) in [5.74, 6) is 0. The first-order valence-corrected chi connectivity index (χ1v) is 6.77. The quantitative estimate of drug-likeness (QED) is 0.934. The van der Waals surface area contributed by atoms with Crippen LogP contribution >= 0.6 is 0 Å². The Labute approximate surface area is 121 Å². The third-order valence-corrected chi connectivity index (χ3v) is 3.27. The summed E-state index contributed by atoms with van der Waals surface area (Å²) in [5.41, 5.74) is 1.56. The van der Waals surface area contributed by atoms with Crippen molar-refractivity contribution in [3.8, 4) is 5.69 Å². The summed E-state index contributed by atoms with van der Waals surface area (Å²) in [6, 6.07) is 5.39. The standard InChI is InChI=1S/C15H18F3N3/c1-4-19-8-12-9-20-21(14(12)15(16,17)18)13-7-10(2)5-6-11(13)3/h5-7,9,19H,4,8H2,1-3H3. The Bertz CT molecular complexity index is 630. The first-order valence-electron chi connectivity index (χ1n) is 6.77. The summed E-state index contributed by atoms with van der Waals surface area (Å²) in [6.07, 6.45) is -3.16. The van der Waals surface area contributed by atoms with Crippen molar-refractivity contribution in [2.24, 2.45) is 0 Å². The van der Waals surface area contributed by atoms with Gasteiger partial charge in [0.05, 0.1) is 11.9 Å². The zero-order valence-corrected chi connectivity index (χ0v) is 12.3. The average Bonchev–Trinajstić information content (AvgIpc) is 2.82. The molecule has 114 valence electrons. The third kappa shape index (κ3) is 3.26. The lowest BCUT2D eigenvalue weighted by atomic mass is 10.1.